The van der Waals surface area contributed by atoms with Crippen molar-refractivity contribution in [1.82, 2.24) is 15.1 Å². The van der Waals surface area contributed by atoms with Crippen molar-refractivity contribution in [3.8, 4) is 0 Å². The van der Waals surface area contributed by atoms with E-state index >= 15 is 0 Å². The number of aryl methyl sites for hydroxylation is 2. The summed E-state index contributed by atoms with van der Waals surface area (Å²) in [4.78, 5) is 8.46. The van der Waals surface area contributed by atoms with Gasteiger partial charge < -0.3 is 15.2 Å². The van der Waals surface area contributed by atoms with Gasteiger partial charge in [0.25, 0.3) is 0 Å². The molecule has 2 heterocycles. The van der Waals surface area contributed by atoms with Gasteiger partial charge in [-0.05, 0) is 32.8 Å². The molecule has 0 aliphatic heterocycles. The van der Waals surface area contributed by atoms with Crippen molar-refractivity contribution in [2.24, 2.45) is 0 Å². The van der Waals surface area contributed by atoms with Gasteiger partial charge in [-0.3, -0.25) is 0 Å². The van der Waals surface area contributed by atoms with Crippen LogP contribution in [0.2, 0.25) is 0 Å². The van der Waals surface area contributed by atoms with Crippen LogP contribution in [-0.2, 0) is 6.42 Å². The largest absolute Gasteiger partial charge is 0.373 e. The van der Waals surface area contributed by atoms with Crippen LogP contribution in [-0.4, -0.2) is 28.7 Å². The van der Waals surface area contributed by atoms with Crippen LogP contribution in [0.1, 0.15) is 23.4 Å². The summed E-state index contributed by atoms with van der Waals surface area (Å²) in [5.41, 5.74) is 2.18. The van der Waals surface area contributed by atoms with Gasteiger partial charge in [0.2, 0.25) is 5.95 Å². The number of anilines is 2. The van der Waals surface area contributed by atoms with E-state index in [0.717, 1.165) is 36.7 Å². The van der Waals surface area contributed by atoms with Gasteiger partial charge in [0.1, 0.15) is 11.6 Å². The van der Waals surface area contributed by atoms with Gasteiger partial charge in [0, 0.05) is 25.4 Å². The lowest BCUT2D eigenvalue weighted by Crippen LogP contribution is -2.07. The predicted molar refractivity (Wildman–Crippen MR) is 74.4 cm³/mol. The number of rotatable bonds is 6. The molecule has 2 N–H and O–H groups in total. The Morgan fingerprint density at radius 2 is 2.16 bits per heavy atom. The number of hydrogen-bond acceptors (Lipinski definition) is 6. The molecule has 0 radical (unpaired) electrons. The molecule has 102 valence electrons. The van der Waals surface area contributed by atoms with Crippen LogP contribution in [0.15, 0.2) is 16.8 Å². The summed E-state index contributed by atoms with van der Waals surface area (Å²) < 4.78 is 5.14. The lowest BCUT2D eigenvalue weighted by molar-refractivity contribution is 0.392. The second-order valence-electron chi connectivity index (χ2n) is 4.35. The molecule has 0 aromatic carbocycles. The Hall–Kier alpha value is -2.11. The minimum Gasteiger partial charge on any atom is -0.373 e. The number of nitrogens with one attached hydrogen (secondary N) is 2. The molecular weight excluding hydrogens is 242 g/mol. The predicted octanol–water partition coefficient (Wildman–Crippen LogP) is 2.17. The van der Waals surface area contributed by atoms with Gasteiger partial charge >= 0.3 is 0 Å². The van der Waals surface area contributed by atoms with Gasteiger partial charge in [-0.1, -0.05) is 5.16 Å². The summed E-state index contributed by atoms with van der Waals surface area (Å²) in [7, 11) is 1.84. The highest BCUT2D eigenvalue weighted by Gasteiger charge is 2.08. The van der Waals surface area contributed by atoms with Crippen molar-refractivity contribution in [3.05, 3.63) is 29.3 Å². The van der Waals surface area contributed by atoms with Gasteiger partial charge in [-0.15, -0.1) is 0 Å². The second kappa shape index (κ2) is 6.17. The first-order valence-corrected chi connectivity index (χ1v) is 6.37. The van der Waals surface area contributed by atoms with E-state index in [9.17, 15) is 0 Å². The Labute approximate surface area is 112 Å². The average molecular weight is 261 g/mol. The van der Waals surface area contributed by atoms with E-state index in [0.29, 0.717) is 5.95 Å². The molecule has 2 aromatic rings. The summed E-state index contributed by atoms with van der Waals surface area (Å²) in [6.45, 7) is 4.73. The van der Waals surface area contributed by atoms with Crippen LogP contribution in [0.4, 0.5) is 11.8 Å². The lowest BCUT2D eigenvalue weighted by atomic mass is 10.1. The molecule has 0 amide bonds. The van der Waals surface area contributed by atoms with Crippen molar-refractivity contribution in [2.75, 3.05) is 24.2 Å². The molecule has 2 aromatic heterocycles. The zero-order valence-electron chi connectivity index (χ0n) is 11.5. The molecule has 0 aliphatic carbocycles. The minimum absolute atomic E-state index is 0.644. The van der Waals surface area contributed by atoms with Gasteiger partial charge in [-0.25, -0.2) is 4.98 Å². The van der Waals surface area contributed by atoms with Gasteiger partial charge in [-0.2, -0.15) is 4.98 Å². The Morgan fingerprint density at radius 3 is 2.84 bits per heavy atom. The van der Waals surface area contributed by atoms with E-state index in [1.807, 2.05) is 27.0 Å². The number of aromatic nitrogens is 3. The summed E-state index contributed by atoms with van der Waals surface area (Å²) in [6, 6.07) is 1.83. The molecule has 0 saturated carbocycles. The van der Waals surface area contributed by atoms with Gasteiger partial charge in [0.05, 0.1) is 5.69 Å². The molecule has 6 nitrogen and oxygen atoms in total. The molecule has 0 unspecified atom stereocenters. The highest BCUT2D eigenvalue weighted by Crippen LogP contribution is 2.14. The first kappa shape index (κ1) is 13.3. The molecule has 0 aliphatic rings. The molecule has 0 bridgehead atoms. The van der Waals surface area contributed by atoms with Crippen molar-refractivity contribution in [2.45, 2.75) is 26.7 Å². The highest BCUT2D eigenvalue weighted by atomic mass is 16.5. The van der Waals surface area contributed by atoms with Crippen LogP contribution in [0.5, 0.6) is 0 Å². The maximum Gasteiger partial charge on any atom is 0.224 e. The number of hydrogen-bond donors (Lipinski definition) is 2. The fourth-order valence-corrected chi connectivity index (χ4v) is 1.91. The zero-order chi connectivity index (χ0) is 13.7. The minimum atomic E-state index is 0.644. The monoisotopic (exact) mass is 261 g/mol. The quantitative estimate of drug-likeness (QED) is 0.776. The van der Waals surface area contributed by atoms with E-state index in [1.54, 1.807) is 6.20 Å². The Morgan fingerprint density at radius 1 is 1.32 bits per heavy atom. The molecule has 0 saturated heterocycles. The molecule has 19 heavy (non-hydrogen) atoms. The van der Waals surface area contributed by atoms with Crippen LogP contribution in [0.3, 0.4) is 0 Å². The van der Waals surface area contributed by atoms with E-state index in [-0.39, 0.29) is 0 Å². The summed E-state index contributed by atoms with van der Waals surface area (Å²) in [6.07, 6.45) is 3.66. The summed E-state index contributed by atoms with van der Waals surface area (Å²) >= 11 is 0. The van der Waals surface area contributed by atoms with E-state index in [1.165, 1.54) is 5.56 Å². The normalized spacial score (nSPS) is 10.5. The molecule has 2 rings (SSSR count). The van der Waals surface area contributed by atoms with Crippen LogP contribution in [0, 0.1) is 13.8 Å². The Bertz CT molecular complexity index is 518. The molecule has 0 fully saturated rings. The van der Waals surface area contributed by atoms with Gasteiger partial charge in [0.15, 0.2) is 0 Å². The van der Waals surface area contributed by atoms with Crippen molar-refractivity contribution >= 4 is 11.8 Å². The lowest BCUT2D eigenvalue weighted by Gasteiger charge is -2.06. The zero-order valence-corrected chi connectivity index (χ0v) is 11.5. The van der Waals surface area contributed by atoms with Crippen LogP contribution >= 0.6 is 0 Å². The third-order valence-electron chi connectivity index (χ3n) is 2.98. The maximum atomic E-state index is 5.14. The summed E-state index contributed by atoms with van der Waals surface area (Å²) in [5.74, 6) is 2.36. The first-order chi connectivity index (χ1) is 9.20. The molecule has 6 heteroatoms. The SMILES string of the molecule is CNc1ccnc(NCCCc2c(C)noc2C)n1. The van der Waals surface area contributed by atoms with E-state index < -0.39 is 0 Å². The maximum absolute atomic E-state index is 5.14. The third kappa shape index (κ3) is 3.43. The molecule has 0 atom stereocenters. The highest BCUT2D eigenvalue weighted by molar-refractivity contribution is 5.38. The van der Waals surface area contributed by atoms with E-state index in [2.05, 4.69) is 25.8 Å². The fraction of sp³-hybridized carbons (Fsp3) is 0.462. The fourth-order valence-electron chi connectivity index (χ4n) is 1.91. The van der Waals surface area contributed by atoms with Crippen molar-refractivity contribution in [1.29, 1.82) is 0 Å². The number of nitrogens with zero attached hydrogens (tertiary/aromatic N) is 3. The van der Waals surface area contributed by atoms with Crippen LogP contribution < -0.4 is 10.6 Å². The van der Waals surface area contributed by atoms with Crippen molar-refractivity contribution in [3.63, 3.8) is 0 Å². The Balaban J connectivity index is 1.80. The Kier molecular flexibility index (Phi) is 4.33. The third-order valence-corrected chi connectivity index (χ3v) is 2.98. The van der Waals surface area contributed by atoms with E-state index in [4.69, 9.17) is 4.52 Å². The topological polar surface area (TPSA) is 75.9 Å². The molecule has 0 spiro atoms. The average Bonchev–Trinajstić information content (AvgIpc) is 2.75. The smallest absolute Gasteiger partial charge is 0.224 e. The standard InChI is InChI=1S/C13H19N5O/c1-9-11(10(2)19-18-9)5-4-7-15-13-16-8-6-12(14-3)17-13/h6,8H,4-5,7H2,1-3H3,(H2,14,15,16,17). The first-order valence-electron chi connectivity index (χ1n) is 6.37. The van der Waals surface area contributed by atoms with Crippen LogP contribution in [0.25, 0.3) is 0 Å². The molecular formula is C13H19N5O. The second-order valence-corrected chi connectivity index (χ2v) is 4.35. The van der Waals surface area contributed by atoms with Crippen molar-refractivity contribution < 1.29 is 4.52 Å². The summed E-state index contributed by atoms with van der Waals surface area (Å²) in [5, 5.41) is 10.1.